The molecule has 0 aliphatic carbocycles. The van der Waals surface area contributed by atoms with Crippen LogP contribution in [0.2, 0.25) is 0 Å². The quantitative estimate of drug-likeness (QED) is 0.468. The molecule has 0 bridgehead atoms. The zero-order valence-electron chi connectivity index (χ0n) is 17.6. The first-order valence-corrected chi connectivity index (χ1v) is 8.94. The molecule has 0 fully saturated rings. The number of methoxy groups -OCH3 is 1. The van der Waals surface area contributed by atoms with Gasteiger partial charge in [-0.15, -0.1) is 0 Å². The second kappa shape index (κ2) is 10.4. The van der Waals surface area contributed by atoms with Crippen molar-refractivity contribution in [2.45, 2.75) is 53.2 Å². The minimum Gasteiger partial charge on any atom is -0.482 e. The molecule has 0 saturated heterocycles. The summed E-state index contributed by atoms with van der Waals surface area (Å²) in [6.07, 6.45) is 0.000419. The summed E-state index contributed by atoms with van der Waals surface area (Å²) < 4.78 is 29.8. The maximum atomic E-state index is 12.8. The van der Waals surface area contributed by atoms with Gasteiger partial charge in [-0.25, -0.2) is 4.39 Å². The van der Waals surface area contributed by atoms with Crippen molar-refractivity contribution >= 4 is 30.1 Å². The molecule has 150 valence electrons. The van der Waals surface area contributed by atoms with E-state index in [4.69, 9.17) is 14.0 Å². The van der Waals surface area contributed by atoms with Crippen LogP contribution < -0.4 is 10.8 Å². The average Bonchev–Trinajstić information content (AvgIpc) is 2.55. The van der Waals surface area contributed by atoms with E-state index >= 15 is 0 Å². The number of ether oxygens (including phenoxy) is 1. The van der Waals surface area contributed by atoms with Gasteiger partial charge < -0.3 is 19.4 Å². The summed E-state index contributed by atoms with van der Waals surface area (Å²) in [4.78, 5) is 8.07. The predicted octanol–water partition coefficient (Wildman–Crippen LogP) is 3.34. The van der Waals surface area contributed by atoms with Crippen molar-refractivity contribution in [2.24, 2.45) is 9.98 Å². The van der Waals surface area contributed by atoms with Crippen LogP contribution in [0.15, 0.2) is 28.2 Å². The number of rotatable bonds is 6. The van der Waals surface area contributed by atoms with Crippen LogP contribution in [0.25, 0.3) is 0 Å². The Balaban J connectivity index is 3.18. The first-order chi connectivity index (χ1) is 12.6. The van der Waals surface area contributed by atoms with Gasteiger partial charge in [-0.05, 0) is 64.7 Å². The van der Waals surface area contributed by atoms with Crippen LogP contribution in [-0.4, -0.2) is 51.5 Å². The Hall–Kier alpha value is -1.93. The SMILES string of the molecule is CN=C(/N=C(\CF)OC)Nc1cc(C)cc(B(OC(C)C)OC(C)(C)C)c1. The van der Waals surface area contributed by atoms with Gasteiger partial charge in [-0.2, -0.15) is 4.99 Å². The average molecular weight is 379 g/mol. The highest BCUT2D eigenvalue weighted by Gasteiger charge is 2.29. The smallest absolute Gasteiger partial charge is 0.482 e. The molecule has 0 saturated carbocycles. The molecule has 0 aliphatic rings. The van der Waals surface area contributed by atoms with E-state index in [9.17, 15) is 4.39 Å². The Bertz CT molecular complexity index is 667. The third kappa shape index (κ3) is 8.53. The number of nitrogens with zero attached hydrogens (tertiary/aromatic N) is 2. The molecule has 8 heteroatoms. The summed E-state index contributed by atoms with van der Waals surface area (Å²) in [6.45, 7) is 11.1. The van der Waals surface area contributed by atoms with Crippen molar-refractivity contribution in [3.05, 3.63) is 23.8 Å². The van der Waals surface area contributed by atoms with E-state index in [2.05, 4.69) is 15.3 Å². The minimum absolute atomic E-state index is 0.000419. The van der Waals surface area contributed by atoms with Gasteiger partial charge in [0.1, 0.15) is 0 Å². The summed E-state index contributed by atoms with van der Waals surface area (Å²) in [7, 11) is 2.42. The van der Waals surface area contributed by atoms with Crippen molar-refractivity contribution in [3.8, 4) is 0 Å². The fraction of sp³-hybridized carbons (Fsp3) is 0.579. The molecular formula is C19H31BFN3O3. The molecular weight excluding hydrogens is 348 g/mol. The fourth-order valence-electron chi connectivity index (χ4n) is 2.27. The monoisotopic (exact) mass is 379 g/mol. The molecule has 0 amide bonds. The third-order valence-electron chi connectivity index (χ3n) is 3.28. The van der Waals surface area contributed by atoms with Crippen LogP contribution in [0.4, 0.5) is 10.1 Å². The largest absolute Gasteiger partial charge is 0.494 e. The Morgan fingerprint density at radius 2 is 1.93 bits per heavy atom. The van der Waals surface area contributed by atoms with E-state index in [1.165, 1.54) is 7.11 Å². The van der Waals surface area contributed by atoms with E-state index in [-0.39, 0.29) is 23.6 Å². The van der Waals surface area contributed by atoms with Crippen LogP contribution in [0.5, 0.6) is 0 Å². The first-order valence-electron chi connectivity index (χ1n) is 8.94. The number of aryl methyl sites for hydroxylation is 1. The second-order valence-corrected chi connectivity index (χ2v) is 7.39. The van der Waals surface area contributed by atoms with Gasteiger partial charge >= 0.3 is 7.12 Å². The molecule has 0 radical (unpaired) electrons. The van der Waals surface area contributed by atoms with Gasteiger partial charge in [0.25, 0.3) is 0 Å². The molecule has 0 aliphatic heterocycles. The molecule has 0 atom stereocenters. The molecule has 0 spiro atoms. The second-order valence-electron chi connectivity index (χ2n) is 7.39. The molecule has 0 unspecified atom stereocenters. The number of guanidine groups is 1. The van der Waals surface area contributed by atoms with Gasteiger partial charge in [-0.1, -0.05) is 6.07 Å². The van der Waals surface area contributed by atoms with Crippen molar-refractivity contribution in [1.82, 2.24) is 0 Å². The molecule has 1 aromatic rings. The number of nitrogens with one attached hydrogen (secondary N) is 1. The zero-order chi connectivity index (χ0) is 20.6. The van der Waals surface area contributed by atoms with Crippen LogP contribution in [0.1, 0.15) is 40.2 Å². The fourth-order valence-corrected chi connectivity index (χ4v) is 2.27. The van der Waals surface area contributed by atoms with Crippen molar-refractivity contribution in [1.29, 1.82) is 0 Å². The lowest BCUT2D eigenvalue weighted by Crippen LogP contribution is -2.44. The number of hydrogen-bond acceptors (Lipinski definition) is 4. The number of alkyl halides is 1. The summed E-state index contributed by atoms with van der Waals surface area (Å²) in [5, 5.41) is 3.08. The van der Waals surface area contributed by atoms with Gasteiger partial charge in [0.15, 0.2) is 6.67 Å². The lowest BCUT2D eigenvalue weighted by molar-refractivity contribution is 0.0757. The first kappa shape index (κ1) is 23.1. The Morgan fingerprint density at radius 1 is 1.26 bits per heavy atom. The highest BCUT2D eigenvalue weighted by molar-refractivity contribution is 6.61. The summed E-state index contributed by atoms with van der Waals surface area (Å²) >= 11 is 0. The zero-order valence-corrected chi connectivity index (χ0v) is 17.6. The third-order valence-corrected chi connectivity index (χ3v) is 3.28. The molecule has 27 heavy (non-hydrogen) atoms. The number of anilines is 1. The normalized spacial score (nSPS) is 13.1. The van der Waals surface area contributed by atoms with Crippen molar-refractivity contribution in [3.63, 3.8) is 0 Å². The van der Waals surface area contributed by atoms with Gasteiger partial charge in [0, 0.05) is 24.4 Å². The van der Waals surface area contributed by atoms with Gasteiger partial charge in [0.05, 0.1) is 7.11 Å². The van der Waals surface area contributed by atoms with Gasteiger partial charge in [-0.3, -0.25) is 4.99 Å². The summed E-state index contributed by atoms with van der Waals surface area (Å²) in [6, 6.07) is 5.86. The van der Waals surface area contributed by atoms with Crippen LogP contribution in [0.3, 0.4) is 0 Å². The Labute approximate surface area is 162 Å². The number of hydrogen-bond donors (Lipinski definition) is 1. The van der Waals surface area contributed by atoms with E-state index in [1.54, 1.807) is 7.05 Å². The lowest BCUT2D eigenvalue weighted by atomic mass is 9.76. The van der Waals surface area contributed by atoms with Crippen LogP contribution >= 0.6 is 0 Å². The predicted molar refractivity (Wildman–Crippen MR) is 111 cm³/mol. The Morgan fingerprint density at radius 3 is 2.41 bits per heavy atom. The molecule has 0 heterocycles. The summed E-state index contributed by atoms with van der Waals surface area (Å²) in [5.74, 6) is 0.201. The van der Waals surface area contributed by atoms with E-state index in [0.717, 1.165) is 16.7 Å². The number of halogens is 1. The maximum absolute atomic E-state index is 12.8. The number of aliphatic imine (C=N–C) groups is 2. The Kier molecular flexibility index (Phi) is 8.92. The van der Waals surface area contributed by atoms with E-state index < -0.39 is 13.8 Å². The van der Waals surface area contributed by atoms with Crippen molar-refractivity contribution in [2.75, 3.05) is 26.1 Å². The number of benzene rings is 1. The molecule has 0 aromatic heterocycles. The molecule has 1 aromatic carbocycles. The molecule has 6 nitrogen and oxygen atoms in total. The van der Waals surface area contributed by atoms with E-state index in [0.29, 0.717) is 0 Å². The minimum atomic E-state index is -0.806. The van der Waals surface area contributed by atoms with Gasteiger partial charge in [0.2, 0.25) is 11.9 Å². The van der Waals surface area contributed by atoms with E-state index in [1.807, 2.05) is 59.7 Å². The highest BCUT2D eigenvalue weighted by Crippen LogP contribution is 2.15. The highest BCUT2D eigenvalue weighted by atomic mass is 19.1. The van der Waals surface area contributed by atoms with Crippen LogP contribution in [-0.2, 0) is 14.0 Å². The van der Waals surface area contributed by atoms with Crippen molar-refractivity contribution < 1.29 is 18.4 Å². The maximum Gasteiger partial charge on any atom is 0.494 e. The summed E-state index contributed by atoms with van der Waals surface area (Å²) in [5.41, 5.74) is 2.27. The molecule has 1 rings (SSSR count). The molecule has 1 N–H and O–H groups in total. The topological polar surface area (TPSA) is 64.4 Å². The lowest BCUT2D eigenvalue weighted by Gasteiger charge is -2.27. The van der Waals surface area contributed by atoms with Crippen LogP contribution in [0, 0.1) is 6.92 Å². The standard InChI is InChI=1S/C19H31BFN3O3/c1-13(2)26-20(27-19(4,5)6)15-9-14(3)10-16(11-15)23-18(22-7)24-17(12-21)25-8/h9-11,13H,12H2,1-8H3,(H,22,23)/b24-17+.